The standard InChI is InChI=1S/C4H4FN3/c5-3-1-2-4(6)8-7-3/h1-2H,(H2,6,8). The van der Waals surface area contributed by atoms with Crippen molar-refractivity contribution in [2.75, 3.05) is 5.73 Å². The number of nitrogen functional groups attached to an aromatic ring is 1. The van der Waals surface area contributed by atoms with Crippen molar-refractivity contribution < 1.29 is 4.39 Å². The van der Waals surface area contributed by atoms with Crippen LogP contribution in [0.5, 0.6) is 0 Å². The van der Waals surface area contributed by atoms with Gasteiger partial charge in [0, 0.05) is 0 Å². The summed E-state index contributed by atoms with van der Waals surface area (Å²) in [6.07, 6.45) is 0. The molecule has 0 unspecified atom stereocenters. The molecule has 1 rings (SSSR count). The highest BCUT2D eigenvalue weighted by Gasteiger charge is 1.87. The zero-order valence-corrected chi connectivity index (χ0v) is 4.00. The number of hydrogen-bond acceptors (Lipinski definition) is 3. The summed E-state index contributed by atoms with van der Waals surface area (Å²) in [6, 6.07) is 2.50. The number of nitrogens with zero attached hydrogens (tertiary/aromatic N) is 2. The maximum Gasteiger partial charge on any atom is 0.233 e. The fraction of sp³-hybridized carbons (Fsp3) is 0. The van der Waals surface area contributed by atoms with Gasteiger partial charge in [-0.05, 0) is 12.1 Å². The molecule has 0 aromatic carbocycles. The van der Waals surface area contributed by atoms with E-state index in [4.69, 9.17) is 5.73 Å². The summed E-state index contributed by atoms with van der Waals surface area (Å²) in [6.45, 7) is 0. The SMILES string of the molecule is Nc1ccc(F)nn1. The molecule has 0 fully saturated rings. The van der Waals surface area contributed by atoms with E-state index in [1.807, 2.05) is 0 Å². The van der Waals surface area contributed by atoms with E-state index in [-0.39, 0.29) is 5.82 Å². The molecular weight excluding hydrogens is 109 g/mol. The molecule has 4 heteroatoms. The van der Waals surface area contributed by atoms with Gasteiger partial charge in [-0.15, -0.1) is 10.2 Å². The molecular formula is C4H4FN3. The number of anilines is 1. The van der Waals surface area contributed by atoms with Crippen LogP contribution in [0.15, 0.2) is 12.1 Å². The highest BCUT2D eigenvalue weighted by atomic mass is 19.1. The van der Waals surface area contributed by atoms with Gasteiger partial charge in [-0.1, -0.05) is 0 Å². The smallest absolute Gasteiger partial charge is 0.233 e. The Morgan fingerprint density at radius 1 is 1.38 bits per heavy atom. The topological polar surface area (TPSA) is 51.8 Å². The molecule has 8 heavy (non-hydrogen) atoms. The average Bonchev–Trinajstić information content (AvgIpc) is 1.77. The van der Waals surface area contributed by atoms with Crippen LogP contribution in [-0.2, 0) is 0 Å². The van der Waals surface area contributed by atoms with E-state index in [0.29, 0.717) is 0 Å². The van der Waals surface area contributed by atoms with Crippen molar-refractivity contribution in [1.82, 2.24) is 10.2 Å². The molecule has 0 atom stereocenters. The summed E-state index contributed by atoms with van der Waals surface area (Å²) in [5, 5.41) is 6.27. The molecule has 0 amide bonds. The summed E-state index contributed by atoms with van der Waals surface area (Å²) in [4.78, 5) is 0. The molecule has 2 N–H and O–H groups in total. The van der Waals surface area contributed by atoms with Crippen LogP contribution in [0, 0.1) is 5.95 Å². The number of rotatable bonds is 0. The van der Waals surface area contributed by atoms with Crippen molar-refractivity contribution in [2.24, 2.45) is 0 Å². The largest absolute Gasteiger partial charge is 0.382 e. The van der Waals surface area contributed by atoms with Crippen molar-refractivity contribution in [1.29, 1.82) is 0 Å². The third kappa shape index (κ3) is 0.900. The fourth-order valence-corrected chi connectivity index (χ4v) is 0.326. The molecule has 0 bridgehead atoms. The third-order valence-corrected chi connectivity index (χ3v) is 0.653. The highest BCUT2D eigenvalue weighted by molar-refractivity contribution is 5.23. The summed E-state index contributed by atoms with van der Waals surface area (Å²) in [7, 11) is 0. The van der Waals surface area contributed by atoms with Gasteiger partial charge in [0.2, 0.25) is 5.95 Å². The fourth-order valence-electron chi connectivity index (χ4n) is 0.326. The van der Waals surface area contributed by atoms with Gasteiger partial charge in [-0.2, -0.15) is 4.39 Å². The molecule has 0 saturated carbocycles. The molecule has 42 valence electrons. The lowest BCUT2D eigenvalue weighted by atomic mass is 10.5. The highest BCUT2D eigenvalue weighted by Crippen LogP contribution is 1.92. The van der Waals surface area contributed by atoms with Gasteiger partial charge in [0.15, 0.2) is 0 Å². The molecule has 0 aliphatic rings. The van der Waals surface area contributed by atoms with E-state index in [1.54, 1.807) is 0 Å². The van der Waals surface area contributed by atoms with Gasteiger partial charge in [0.25, 0.3) is 0 Å². The summed E-state index contributed by atoms with van der Waals surface area (Å²) in [5.41, 5.74) is 5.09. The van der Waals surface area contributed by atoms with Gasteiger partial charge in [-0.25, -0.2) is 0 Å². The Kier molecular flexibility index (Phi) is 1.07. The van der Waals surface area contributed by atoms with Crippen molar-refractivity contribution in [3.05, 3.63) is 18.1 Å². The summed E-state index contributed by atoms with van der Waals surface area (Å²) in [5.74, 6) is -0.384. The van der Waals surface area contributed by atoms with Crippen molar-refractivity contribution >= 4 is 5.82 Å². The van der Waals surface area contributed by atoms with Gasteiger partial charge in [0.1, 0.15) is 5.82 Å². The van der Waals surface area contributed by atoms with E-state index in [0.717, 1.165) is 6.07 Å². The van der Waals surface area contributed by atoms with Crippen molar-refractivity contribution in [3.8, 4) is 0 Å². The lowest BCUT2D eigenvalue weighted by molar-refractivity contribution is 0.564. The summed E-state index contributed by atoms with van der Waals surface area (Å²) >= 11 is 0. The predicted octanol–water partition coefficient (Wildman–Crippen LogP) is 0.198. The lowest BCUT2D eigenvalue weighted by Crippen LogP contribution is -1.93. The Labute approximate surface area is 45.3 Å². The number of nitrogens with two attached hydrogens (primary N) is 1. The van der Waals surface area contributed by atoms with Crippen LogP contribution < -0.4 is 5.73 Å². The zero-order valence-electron chi connectivity index (χ0n) is 4.00. The van der Waals surface area contributed by atoms with Gasteiger partial charge in [0.05, 0.1) is 0 Å². The quantitative estimate of drug-likeness (QED) is 0.522. The third-order valence-electron chi connectivity index (χ3n) is 0.653. The average molecular weight is 113 g/mol. The van der Waals surface area contributed by atoms with Crippen molar-refractivity contribution in [3.63, 3.8) is 0 Å². The molecule has 0 radical (unpaired) electrons. The zero-order chi connectivity index (χ0) is 5.98. The monoisotopic (exact) mass is 113 g/mol. The number of hydrogen-bond donors (Lipinski definition) is 1. The van der Waals surface area contributed by atoms with Crippen LogP contribution in [0.2, 0.25) is 0 Å². The Morgan fingerprint density at radius 2 is 2.12 bits per heavy atom. The van der Waals surface area contributed by atoms with Crippen molar-refractivity contribution in [2.45, 2.75) is 0 Å². The van der Waals surface area contributed by atoms with E-state index in [9.17, 15) is 4.39 Å². The Hall–Kier alpha value is -1.19. The summed E-state index contributed by atoms with van der Waals surface area (Å²) < 4.78 is 11.9. The van der Waals surface area contributed by atoms with Crippen LogP contribution in [0.3, 0.4) is 0 Å². The minimum atomic E-state index is -0.612. The van der Waals surface area contributed by atoms with E-state index >= 15 is 0 Å². The lowest BCUT2D eigenvalue weighted by Gasteiger charge is -1.85. The van der Waals surface area contributed by atoms with Crippen LogP contribution in [0.4, 0.5) is 10.2 Å². The molecule has 1 aromatic rings. The Balaban J connectivity index is 3.03. The molecule has 0 aliphatic carbocycles. The van der Waals surface area contributed by atoms with Gasteiger partial charge >= 0.3 is 0 Å². The van der Waals surface area contributed by atoms with E-state index < -0.39 is 5.95 Å². The maximum absolute atomic E-state index is 11.9. The van der Waals surface area contributed by atoms with E-state index in [2.05, 4.69) is 10.2 Å². The molecule has 0 spiro atoms. The second-order valence-electron chi connectivity index (χ2n) is 1.28. The predicted molar refractivity (Wildman–Crippen MR) is 26.4 cm³/mol. The first-order valence-corrected chi connectivity index (χ1v) is 2.04. The van der Waals surface area contributed by atoms with Crippen LogP contribution in [0.1, 0.15) is 0 Å². The van der Waals surface area contributed by atoms with Crippen LogP contribution in [0.25, 0.3) is 0 Å². The molecule has 3 nitrogen and oxygen atoms in total. The first-order valence-electron chi connectivity index (χ1n) is 2.04. The molecule has 1 heterocycles. The van der Waals surface area contributed by atoms with Crippen LogP contribution in [-0.4, -0.2) is 10.2 Å². The van der Waals surface area contributed by atoms with Gasteiger partial charge < -0.3 is 5.73 Å². The molecule has 1 aromatic heterocycles. The first-order chi connectivity index (χ1) is 3.79. The molecule has 0 aliphatic heterocycles. The first kappa shape index (κ1) is 4.96. The molecule has 0 saturated heterocycles. The maximum atomic E-state index is 11.9. The second-order valence-corrected chi connectivity index (χ2v) is 1.28. The minimum Gasteiger partial charge on any atom is -0.382 e. The number of aromatic nitrogens is 2. The second kappa shape index (κ2) is 1.73. The van der Waals surface area contributed by atoms with Crippen LogP contribution >= 0.6 is 0 Å². The Bertz CT molecular complexity index is 150. The Morgan fingerprint density at radius 3 is 2.50 bits per heavy atom. The van der Waals surface area contributed by atoms with E-state index in [1.165, 1.54) is 6.07 Å². The normalized spacial score (nSPS) is 9.12. The number of halogens is 1. The van der Waals surface area contributed by atoms with Gasteiger partial charge in [-0.3, -0.25) is 0 Å². The minimum absolute atomic E-state index is 0.228.